The molecule has 2 atom stereocenters. The molecule has 5 nitrogen and oxygen atoms in total. The molecule has 3 aromatic carbocycles. The molecule has 0 fully saturated rings. The molecular weight excluding hydrogens is 728 g/mol. The lowest BCUT2D eigenvalue weighted by molar-refractivity contribution is 0.513. The van der Waals surface area contributed by atoms with Crippen molar-refractivity contribution in [3.8, 4) is 33.4 Å². The van der Waals surface area contributed by atoms with Crippen LogP contribution < -0.4 is 36.7 Å². The van der Waals surface area contributed by atoms with Crippen molar-refractivity contribution < 1.29 is 0 Å². The summed E-state index contributed by atoms with van der Waals surface area (Å²) >= 11 is 21.1. The first-order valence-electron chi connectivity index (χ1n) is 16.7. The van der Waals surface area contributed by atoms with Crippen molar-refractivity contribution in [3.05, 3.63) is 110 Å². The summed E-state index contributed by atoms with van der Waals surface area (Å²) in [4.78, 5) is 16.1. The van der Waals surface area contributed by atoms with E-state index in [1.165, 1.54) is 48.9 Å². The SMILES string of the molecule is CCN(CC)P1(=S)c2cc(-c3cccnc3)cc3c2N2c4c(cc(-c5cccnc5)cc4P(C)(=S)c4cc(-c5cccnc5)cc1c42)P3(C)=S. The minimum Gasteiger partial charge on any atom is -0.306 e. The van der Waals surface area contributed by atoms with Gasteiger partial charge in [0.05, 0.1) is 23.3 Å². The molecule has 3 aliphatic heterocycles. The van der Waals surface area contributed by atoms with E-state index in [2.05, 4.69) is 106 Å². The van der Waals surface area contributed by atoms with Crippen LogP contribution in [0.3, 0.4) is 0 Å². The van der Waals surface area contributed by atoms with E-state index in [-0.39, 0.29) is 0 Å². The maximum absolute atomic E-state index is 7.23. The van der Waals surface area contributed by atoms with Crippen molar-refractivity contribution in [3.63, 3.8) is 0 Å². The third kappa shape index (κ3) is 4.47. The highest BCUT2D eigenvalue weighted by molar-refractivity contribution is 8.24. The van der Waals surface area contributed by atoms with Crippen LogP contribution in [-0.2, 0) is 35.4 Å². The van der Waals surface area contributed by atoms with Gasteiger partial charge in [0.15, 0.2) is 0 Å². The largest absolute Gasteiger partial charge is 0.306 e. The Bertz CT molecular complexity index is 2400. The van der Waals surface area contributed by atoms with Gasteiger partial charge in [0.2, 0.25) is 0 Å². The molecule has 0 saturated carbocycles. The van der Waals surface area contributed by atoms with Gasteiger partial charge in [-0.3, -0.25) is 19.6 Å². The molecule has 0 spiro atoms. The normalized spacial score (nSPS) is 22.4. The predicted molar refractivity (Wildman–Crippen MR) is 226 cm³/mol. The molecule has 0 aliphatic carbocycles. The van der Waals surface area contributed by atoms with E-state index in [1.54, 1.807) is 0 Å². The molecule has 6 aromatic rings. The van der Waals surface area contributed by atoms with Crippen molar-refractivity contribution >= 4 is 103 Å². The third-order valence-corrected chi connectivity index (χ3v) is 23.1. The van der Waals surface area contributed by atoms with Gasteiger partial charge >= 0.3 is 0 Å². The summed E-state index contributed by atoms with van der Waals surface area (Å²) in [6.07, 6.45) is 8.72. The first-order valence-corrected chi connectivity index (χ1v) is 26.0. The van der Waals surface area contributed by atoms with Crippen molar-refractivity contribution in [1.82, 2.24) is 19.6 Å². The van der Waals surface area contributed by atoms with Crippen LogP contribution in [0.15, 0.2) is 110 Å². The van der Waals surface area contributed by atoms with Gasteiger partial charge in [0.1, 0.15) is 0 Å². The number of hydrogen-bond acceptors (Lipinski definition) is 7. The summed E-state index contributed by atoms with van der Waals surface area (Å²) in [7, 11) is 0. The molecule has 0 amide bonds. The maximum Gasteiger partial charge on any atom is 0.0752 e. The van der Waals surface area contributed by atoms with E-state index >= 15 is 0 Å². The number of aromatic nitrogens is 3. The first-order chi connectivity index (χ1) is 24.1. The zero-order chi connectivity index (χ0) is 34.6. The monoisotopic (exact) mass is 761 g/mol. The molecule has 6 heterocycles. The Morgan fingerprint density at radius 2 is 0.840 bits per heavy atom. The highest BCUT2D eigenvalue weighted by Crippen LogP contribution is 2.66. The number of anilines is 3. The molecule has 9 rings (SSSR count). The molecule has 2 unspecified atom stereocenters. The lowest BCUT2D eigenvalue weighted by Crippen LogP contribution is -2.51. The van der Waals surface area contributed by atoms with Crippen LogP contribution in [0.4, 0.5) is 17.1 Å². The molecule has 0 bridgehead atoms. The van der Waals surface area contributed by atoms with E-state index in [0.717, 1.165) is 46.5 Å². The van der Waals surface area contributed by atoms with Gasteiger partial charge in [-0.25, -0.2) is 0 Å². The average molecular weight is 762 g/mol. The summed E-state index contributed by atoms with van der Waals surface area (Å²) in [6.45, 7) is 10.8. The fourth-order valence-electron chi connectivity index (χ4n) is 8.01. The van der Waals surface area contributed by atoms with Crippen molar-refractivity contribution in [1.29, 1.82) is 0 Å². The molecular formula is C39H34N5P3S3. The fourth-order valence-corrected chi connectivity index (χ4v) is 19.3. The molecule has 50 heavy (non-hydrogen) atoms. The van der Waals surface area contributed by atoms with Crippen molar-refractivity contribution in [2.24, 2.45) is 0 Å². The summed E-state index contributed by atoms with van der Waals surface area (Å²) in [5.41, 5.74) is 10.1. The summed E-state index contributed by atoms with van der Waals surface area (Å²) < 4.78 is 2.54. The van der Waals surface area contributed by atoms with Crippen molar-refractivity contribution in [2.75, 3.05) is 31.3 Å². The number of hydrogen-bond donors (Lipinski definition) is 0. The van der Waals surface area contributed by atoms with Crippen LogP contribution in [0.1, 0.15) is 13.8 Å². The molecule has 11 heteroatoms. The minimum absolute atomic E-state index is 0.836. The van der Waals surface area contributed by atoms with Crippen LogP contribution in [0.5, 0.6) is 0 Å². The van der Waals surface area contributed by atoms with Gasteiger partial charge in [-0.2, -0.15) is 0 Å². The van der Waals surface area contributed by atoms with E-state index in [0.29, 0.717) is 0 Å². The minimum atomic E-state index is -2.60. The fraction of sp³-hybridized carbons (Fsp3) is 0.154. The lowest BCUT2D eigenvalue weighted by atomic mass is 10.0. The summed E-state index contributed by atoms with van der Waals surface area (Å²) in [5, 5.41) is 7.28. The van der Waals surface area contributed by atoms with Crippen LogP contribution in [0, 0.1) is 0 Å². The van der Waals surface area contributed by atoms with E-state index in [9.17, 15) is 0 Å². The maximum atomic E-state index is 7.23. The van der Waals surface area contributed by atoms with Gasteiger partial charge in [-0.15, -0.1) is 0 Å². The van der Waals surface area contributed by atoms with Gasteiger partial charge in [-0.1, -0.05) is 67.5 Å². The highest BCUT2D eigenvalue weighted by atomic mass is 32.4. The molecule has 0 saturated heterocycles. The van der Waals surface area contributed by atoms with Crippen LogP contribution in [0.2, 0.25) is 0 Å². The molecule has 3 aliphatic rings. The zero-order valence-electron chi connectivity index (χ0n) is 28.1. The second-order valence-corrected chi connectivity index (χ2v) is 27.5. The van der Waals surface area contributed by atoms with Crippen LogP contribution in [0.25, 0.3) is 33.4 Å². The highest BCUT2D eigenvalue weighted by Gasteiger charge is 2.51. The van der Waals surface area contributed by atoms with Gasteiger partial charge in [0.25, 0.3) is 0 Å². The Kier molecular flexibility index (Phi) is 7.63. The topological polar surface area (TPSA) is 45.2 Å². The molecule has 0 N–H and O–H groups in total. The smallest absolute Gasteiger partial charge is 0.0752 e. The Labute approximate surface area is 308 Å². The number of nitrogens with zero attached hydrogens (tertiary/aromatic N) is 5. The number of pyridine rings is 3. The number of benzene rings is 3. The molecule has 248 valence electrons. The van der Waals surface area contributed by atoms with E-state index in [1.807, 2.05) is 55.4 Å². The predicted octanol–water partition coefficient (Wildman–Crippen LogP) is 7.09. The van der Waals surface area contributed by atoms with E-state index < -0.39 is 18.3 Å². The lowest BCUT2D eigenvalue weighted by Gasteiger charge is -2.52. The second kappa shape index (κ2) is 11.7. The second-order valence-electron chi connectivity index (χ2n) is 13.2. The van der Waals surface area contributed by atoms with Crippen LogP contribution in [-0.4, -0.2) is 46.0 Å². The first kappa shape index (κ1) is 32.7. The Morgan fingerprint density at radius 1 is 0.520 bits per heavy atom. The average Bonchev–Trinajstić information content (AvgIpc) is 3.15. The van der Waals surface area contributed by atoms with Gasteiger partial charge < -0.3 is 4.90 Å². The summed E-state index contributed by atoms with van der Waals surface area (Å²) in [6, 6.07) is 21.8. The Morgan fingerprint density at radius 3 is 1.14 bits per heavy atom. The molecule has 3 aromatic heterocycles. The standard InChI is InChI=1S/C39H34N5P3S3/c1-5-43(6-2)47(50)35-20-29(26-11-8-14-41-23-26)18-33-38(35)44-37-31(45(33,3)48)16-28(25-10-7-13-40-22-25)17-32(37)46(4,49)34-19-30(21-36(47)39(34)44)27-12-9-15-42-24-27/h7-24H,5-6H2,1-4H3. The Balaban J connectivity index is 1.49. The van der Waals surface area contributed by atoms with Crippen LogP contribution >= 0.6 is 18.3 Å². The zero-order valence-corrected chi connectivity index (χ0v) is 33.2. The summed E-state index contributed by atoms with van der Waals surface area (Å²) in [5.74, 6) is 0. The van der Waals surface area contributed by atoms with Gasteiger partial charge in [-0.05, 0) is 84.6 Å². The van der Waals surface area contributed by atoms with Crippen molar-refractivity contribution in [2.45, 2.75) is 13.8 Å². The number of rotatable bonds is 6. The van der Waals surface area contributed by atoms with Gasteiger partial charge in [0, 0.05) is 111 Å². The quantitative estimate of drug-likeness (QED) is 0.167. The Hall–Kier alpha value is -3.18. The molecule has 0 radical (unpaired) electrons. The van der Waals surface area contributed by atoms with E-state index in [4.69, 9.17) is 35.4 Å². The third-order valence-electron chi connectivity index (χ3n) is 10.5.